The Hall–Kier alpha value is -1.41. The maximum absolute atomic E-state index is 2.54. The van der Waals surface area contributed by atoms with Crippen LogP contribution >= 0.6 is 0 Å². The topological polar surface area (TPSA) is 3.24 Å². The molecule has 0 aromatic heterocycles. The van der Waals surface area contributed by atoms with E-state index in [0.29, 0.717) is 24.7 Å². The fourth-order valence-electron chi connectivity index (χ4n) is 3.34. The number of nitrogens with zero attached hydrogens (tertiary/aromatic N) is 1. The van der Waals surface area contributed by atoms with Crippen LogP contribution in [0.4, 0.5) is 0 Å². The second-order valence-electron chi connectivity index (χ2n) is 9.17. The average molecular weight is 645 g/mol. The molecule has 0 radical (unpaired) electrons. The second kappa shape index (κ2) is 17.9. The summed E-state index contributed by atoms with van der Waals surface area (Å²) in [5.41, 5.74) is 2.44. The maximum atomic E-state index is 2.54. The van der Waals surface area contributed by atoms with Gasteiger partial charge < -0.3 is 0 Å². The molecule has 2 aromatic carbocycles. The molecule has 2 aliphatic carbocycles. The van der Waals surface area contributed by atoms with Crippen LogP contribution in [0.15, 0.2) is 116 Å². The van der Waals surface area contributed by atoms with Gasteiger partial charge in [-0.05, 0) is 11.1 Å². The molecule has 2 aromatic rings. The Balaban J connectivity index is 0.000000198. The normalized spacial score (nSPS) is 14.3. The van der Waals surface area contributed by atoms with Crippen molar-refractivity contribution >= 4 is 36.8 Å². The number of rotatable bonds is 7. The Labute approximate surface area is 240 Å². The van der Waals surface area contributed by atoms with Crippen LogP contribution < -0.4 is 0 Å². The Morgan fingerprint density at radius 1 is 0.686 bits per heavy atom. The summed E-state index contributed by atoms with van der Waals surface area (Å²) in [5.74, 6) is 0. The van der Waals surface area contributed by atoms with Crippen LogP contribution in [0.5, 0.6) is 0 Å². The summed E-state index contributed by atoms with van der Waals surface area (Å²) in [6.07, 6.45) is 24.3. The SMILES string of the molecule is C(C=Cc1ccccc1)=Cc1ccccc1.C1=CC[C]([Zr][C]2=CC=CC2)=C1.CC(C)[N]([InH2])C(C)C. The van der Waals surface area contributed by atoms with Crippen molar-refractivity contribution in [3.63, 3.8) is 0 Å². The van der Waals surface area contributed by atoms with Crippen LogP contribution in [-0.4, -0.2) is 39.6 Å². The van der Waals surface area contributed by atoms with Gasteiger partial charge in [-0.25, -0.2) is 0 Å². The van der Waals surface area contributed by atoms with Crippen molar-refractivity contribution in [3.05, 3.63) is 127 Å². The van der Waals surface area contributed by atoms with E-state index in [-0.39, 0.29) is 23.2 Å². The average Bonchev–Trinajstić information content (AvgIpc) is 3.58. The van der Waals surface area contributed by atoms with E-state index in [1.165, 1.54) is 24.0 Å². The van der Waals surface area contributed by atoms with Crippen LogP contribution in [-0.2, 0) is 23.2 Å². The third kappa shape index (κ3) is 13.5. The van der Waals surface area contributed by atoms with E-state index in [1.54, 1.807) is 6.56 Å². The van der Waals surface area contributed by atoms with Gasteiger partial charge in [-0.1, -0.05) is 85.0 Å². The van der Waals surface area contributed by atoms with Gasteiger partial charge in [-0.2, -0.15) is 0 Å². The number of hydrogen-bond acceptors (Lipinski definition) is 1. The van der Waals surface area contributed by atoms with Crippen molar-refractivity contribution in [1.29, 1.82) is 0 Å². The van der Waals surface area contributed by atoms with Crippen LogP contribution in [0.3, 0.4) is 0 Å². The molecule has 4 rings (SSSR count). The molecular weight excluding hydrogens is 604 g/mol. The molecule has 0 saturated heterocycles. The van der Waals surface area contributed by atoms with Crippen molar-refractivity contribution in [2.45, 2.75) is 52.6 Å². The molecule has 0 unspecified atom stereocenters. The Morgan fingerprint density at radius 3 is 1.37 bits per heavy atom. The summed E-state index contributed by atoms with van der Waals surface area (Å²) in [7, 11) is 0. The molecule has 1 nitrogen and oxygen atoms in total. The summed E-state index contributed by atoms with van der Waals surface area (Å²) >= 11 is 0.390. The van der Waals surface area contributed by atoms with Crippen LogP contribution in [0, 0.1) is 0 Å². The summed E-state index contributed by atoms with van der Waals surface area (Å²) in [6.45, 7) is 9.04. The molecule has 3 heteroatoms. The molecular formula is C32H40InNZr. The molecule has 0 saturated carbocycles. The van der Waals surface area contributed by atoms with Gasteiger partial charge in [0, 0.05) is 0 Å². The van der Waals surface area contributed by atoms with Crippen molar-refractivity contribution in [2.24, 2.45) is 0 Å². The molecule has 2 aliphatic rings. The van der Waals surface area contributed by atoms with Gasteiger partial charge in [0.25, 0.3) is 0 Å². The third-order valence-electron chi connectivity index (χ3n) is 5.78. The van der Waals surface area contributed by atoms with Crippen molar-refractivity contribution in [1.82, 2.24) is 2.89 Å². The van der Waals surface area contributed by atoms with Gasteiger partial charge in [-0.15, -0.1) is 0 Å². The first kappa shape index (κ1) is 29.8. The molecule has 0 heterocycles. The van der Waals surface area contributed by atoms with E-state index in [2.05, 4.69) is 116 Å². The van der Waals surface area contributed by atoms with Crippen LogP contribution in [0.1, 0.15) is 51.7 Å². The molecule has 0 bridgehead atoms. The van der Waals surface area contributed by atoms with Crippen LogP contribution in [0.25, 0.3) is 12.2 Å². The van der Waals surface area contributed by atoms with Gasteiger partial charge in [-0.3, -0.25) is 0 Å². The van der Waals surface area contributed by atoms with Gasteiger partial charge in [0.1, 0.15) is 0 Å². The zero-order valence-corrected chi connectivity index (χ0v) is 30.2. The zero-order valence-electron chi connectivity index (χ0n) is 22.1. The monoisotopic (exact) mass is 643 g/mol. The Morgan fingerprint density at radius 2 is 1.09 bits per heavy atom. The summed E-state index contributed by atoms with van der Waals surface area (Å²) in [5, 5.41) is 0. The standard InChI is InChI=1S/C16H14.C6H14N.2C5H5.In.Zr.2H/c1-3-9-15(10-4-1)13-7-8-14-16-11-5-2-6-12-16;1-5(2)7-6(3)4;2*1-2-4-5-3-1;;;;/h1-14H;5-6H,1-4H3;2*1-3H,4H2;;;;/q;-1;;;+1;;;. The van der Waals surface area contributed by atoms with Gasteiger partial charge >= 0.3 is 146 Å². The van der Waals surface area contributed by atoms with E-state index in [1.807, 2.05) is 36.4 Å². The van der Waals surface area contributed by atoms with Gasteiger partial charge in [0.2, 0.25) is 0 Å². The van der Waals surface area contributed by atoms with Gasteiger partial charge in [0.15, 0.2) is 0 Å². The first-order chi connectivity index (χ1) is 17.0. The molecule has 0 amide bonds. The Kier molecular flexibility index (Phi) is 15.3. The first-order valence-corrected chi connectivity index (χ1v) is 17.6. The predicted octanol–water partition coefficient (Wildman–Crippen LogP) is 7.82. The van der Waals surface area contributed by atoms with E-state index in [0.717, 1.165) is 12.1 Å². The number of hydrogen-bond donors (Lipinski definition) is 0. The molecule has 0 atom stereocenters. The molecule has 0 N–H and O–H groups in total. The van der Waals surface area contributed by atoms with Crippen molar-refractivity contribution in [3.8, 4) is 0 Å². The van der Waals surface area contributed by atoms with Crippen molar-refractivity contribution in [2.75, 3.05) is 0 Å². The summed E-state index contributed by atoms with van der Waals surface area (Å²) in [4.78, 5) is 0. The molecule has 0 fully saturated rings. The third-order valence-corrected chi connectivity index (χ3v) is 15.1. The van der Waals surface area contributed by atoms with Gasteiger partial charge in [0.05, 0.1) is 0 Å². The Bertz CT molecular complexity index is 944. The van der Waals surface area contributed by atoms with Crippen molar-refractivity contribution < 1.29 is 23.2 Å². The minimum atomic E-state index is -0.312. The summed E-state index contributed by atoms with van der Waals surface area (Å²) in [6, 6.07) is 22.1. The van der Waals surface area contributed by atoms with E-state index >= 15 is 0 Å². The van der Waals surface area contributed by atoms with E-state index < -0.39 is 0 Å². The molecule has 0 aliphatic heterocycles. The second-order valence-corrected chi connectivity index (χ2v) is 15.9. The predicted molar refractivity (Wildman–Crippen MR) is 155 cm³/mol. The zero-order chi connectivity index (χ0) is 25.3. The first-order valence-electron chi connectivity index (χ1n) is 12.6. The molecule has 35 heavy (non-hydrogen) atoms. The molecule has 0 spiro atoms. The fourth-order valence-corrected chi connectivity index (χ4v) is 6.32. The summed E-state index contributed by atoms with van der Waals surface area (Å²) < 4.78 is 5.99. The van der Waals surface area contributed by atoms with E-state index in [4.69, 9.17) is 0 Å². The number of allylic oxidation sites excluding steroid dienone is 10. The number of benzene rings is 2. The van der Waals surface area contributed by atoms with E-state index in [9.17, 15) is 0 Å². The molecule has 180 valence electrons. The quantitative estimate of drug-likeness (QED) is 0.278. The minimum absolute atomic E-state index is 0.312. The van der Waals surface area contributed by atoms with Crippen LogP contribution in [0.2, 0.25) is 0 Å². The fraction of sp³-hybridized carbons (Fsp3) is 0.250.